The number of aromatic nitrogens is 6. The second kappa shape index (κ2) is 8.18. The molecule has 3 N–H and O–H groups in total. The van der Waals surface area contributed by atoms with E-state index in [1.807, 2.05) is 6.20 Å². The molecule has 2 aliphatic heterocycles. The predicted octanol–water partition coefficient (Wildman–Crippen LogP) is -0.188. The van der Waals surface area contributed by atoms with Crippen LogP contribution in [0.2, 0.25) is 0 Å². The number of carbonyl (C=O) groups excluding carboxylic acids is 2. The number of amides is 3. The van der Waals surface area contributed by atoms with Crippen LogP contribution in [0.1, 0.15) is 24.1 Å². The van der Waals surface area contributed by atoms with Gasteiger partial charge in [0, 0.05) is 50.5 Å². The van der Waals surface area contributed by atoms with Crippen LogP contribution in [0, 0.1) is 0 Å². The van der Waals surface area contributed by atoms with Crippen molar-refractivity contribution in [2.75, 3.05) is 38.5 Å². The molecule has 0 radical (unpaired) electrons. The van der Waals surface area contributed by atoms with E-state index in [0.717, 1.165) is 51.3 Å². The van der Waals surface area contributed by atoms with Gasteiger partial charge in [-0.15, -0.1) is 0 Å². The van der Waals surface area contributed by atoms with E-state index < -0.39 is 11.9 Å². The Morgan fingerprint density at radius 2 is 1.97 bits per heavy atom. The van der Waals surface area contributed by atoms with Crippen LogP contribution < -0.4 is 16.0 Å². The first-order valence-corrected chi connectivity index (χ1v) is 11.3. The average Bonchev–Trinajstić information content (AvgIpc) is 3.20. The highest BCUT2D eigenvalue weighted by Gasteiger charge is 2.26. The Bertz CT molecular complexity index is 1300. The van der Waals surface area contributed by atoms with Crippen molar-refractivity contribution in [1.82, 2.24) is 49.6 Å². The zero-order chi connectivity index (χ0) is 23.2. The summed E-state index contributed by atoms with van der Waals surface area (Å²) in [5, 5.41) is 12.5. The molecule has 3 aromatic rings. The number of rotatable bonds is 6. The summed E-state index contributed by atoms with van der Waals surface area (Å²) in [6.07, 6.45) is 8.98. The van der Waals surface area contributed by atoms with Crippen molar-refractivity contribution in [2.24, 2.45) is 0 Å². The molecule has 34 heavy (non-hydrogen) atoms. The normalized spacial score (nSPS) is 20.8. The van der Waals surface area contributed by atoms with Crippen LogP contribution in [0.5, 0.6) is 0 Å². The Labute approximate surface area is 194 Å². The van der Waals surface area contributed by atoms with Gasteiger partial charge in [-0.25, -0.2) is 9.78 Å². The minimum atomic E-state index is -0.551. The number of urea groups is 1. The van der Waals surface area contributed by atoms with Gasteiger partial charge in [0.1, 0.15) is 12.0 Å². The summed E-state index contributed by atoms with van der Waals surface area (Å²) in [5.74, 6) is 0.535. The monoisotopic (exact) mass is 463 g/mol. The van der Waals surface area contributed by atoms with E-state index in [-0.39, 0.29) is 5.70 Å². The van der Waals surface area contributed by atoms with Crippen LogP contribution in [0.4, 0.5) is 10.7 Å². The van der Waals surface area contributed by atoms with Crippen LogP contribution in [0.3, 0.4) is 0 Å². The number of anilines is 1. The summed E-state index contributed by atoms with van der Waals surface area (Å²) in [6, 6.07) is -0.196. The van der Waals surface area contributed by atoms with E-state index in [2.05, 4.69) is 42.9 Å². The summed E-state index contributed by atoms with van der Waals surface area (Å²) < 4.78 is 3.42. The maximum atomic E-state index is 12.0. The number of fused-ring (bicyclic) bond motifs is 1. The molecule has 3 amide bonds. The highest BCUT2D eigenvalue weighted by Crippen LogP contribution is 2.25. The number of nitrogens with one attached hydrogen (secondary N) is 3. The third kappa shape index (κ3) is 4.10. The molecule has 3 aliphatic rings. The molecule has 0 aromatic carbocycles. The molecular formula is C21H25N11O2. The molecule has 3 aromatic heterocycles. The van der Waals surface area contributed by atoms with Crippen molar-refractivity contribution in [3.05, 3.63) is 35.7 Å². The van der Waals surface area contributed by atoms with Crippen molar-refractivity contribution in [1.29, 1.82) is 0 Å². The molecule has 0 atom stereocenters. The summed E-state index contributed by atoms with van der Waals surface area (Å²) in [7, 11) is 2.14. The Morgan fingerprint density at radius 3 is 2.71 bits per heavy atom. The van der Waals surface area contributed by atoms with Gasteiger partial charge in [0.25, 0.3) is 5.91 Å². The number of hydrogen-bond acceptors (Lipinski definition) is 9. The van der Waals surface area contributed by atoms with E-state index in [0.29, 0.717) is 29.1 Å². The first-order chi connectivity index (χ1) is 16.5. The zero-order valence-electron chi connectivity index (χ0n) is 18.7. The smallest absolute Gasteiger partial charge is 0.326 e. The van der Waals surface area contributed by atoms with E-state index in [1.165, 1.54) is 0 Å². The lowest BCUT2D eigenvalue weighted by molar-refractivity contribution is -0.115. The lowest BCUT2D eigenvalue weighted by Crippen LogP contribution is -2.43. The molecule has 2 saturated heterocycles. The van der Waals surface area contributed by atoms with Crippen molar-refractivity contribution in [3.63, 3.8) is 0 Å². The van der Waals surface area contributed by atoms with Crippen molar-refractivity contribution >= 4 is 29.6 Å². The van der Waals surface area contributed by atoms with Crippen molar-refractivity contribution in [3.8, 4) is 5.95 Å². The van der Waals surface area contributed by atoms with Gasteiger partial charge < -0.3 is 15.5 Å². The fraction of sp³-hybridized carbons (Fsp3) is 0.429. The Kier molecular flexibility index (Phi) is 4.99. The second-order valence-electron chi connectivity index (χ2n) is 8.92. The summed E-state index contributed by atoms with van der Waals surface area (Å²) in [4.78, 5) is 42.2. The van der Waals surface area contributed by atoms with Gasteiger partial charge in [0.05, 0.1) is 11.9 Å². The number of imidazole rings is 1. The number of imide groups is 1. The van der Waals surface area contributed by atoms with Gasteiger partial charge >= 0.3 is 6.03 Å². The van der Waals surface area contributed by atoms with Crippen molar-refractivity contribution in [2.45, 2.75) is 25.4 Å². The SMILES string of the molecule is CN1CCN(Cc2cn(-c3nc(NC4CC4)n4ncc(/C=C5\NC(=O)NC5=O)c4n3)cn2)CC1. The molecule has 6 rings (SSSR count). The molecule has 5 heterocycles. The maximum Gasteiger partial charge on any atom is 0.326 e. The van der Waals surface area contributed by atoms with Gasteiger partial charge in [0.15, 0.2) is 5.65 Å². The first kappa shape index (κ1) is 20.7. The number of nitrogens with zero attached hydrogens (tertiary/aromatic N) is 8. The molecular weight excluding hydrogens is 438 g/mol. The lowest BCUT2D eigenvalue weighted by atomic mass is 10.2. The molecule has 0 unspecified atom stereocenters. The van der Waals surface area contributed by atoms with Gasteiger partial charge in [-0.2, -0.15) is 19.6 Å². The van der Waals surface area contributed by atoms with Crippen LogP contribution >= 0.6 is 0 Å². The quantitative estimate of drug-likeness (QED) is 0.335. The molecule has 1 saturated carbocycles. The molecule has 3 fully saturated rings. The Hall–Kier alpha value is -3.84. The summed E-state index contributed by atoms with van der Waals surface area (Å²) in [5.41, 5.74) is 2.20. The topological polar surface area (TPSA) is 138 Å². The van der Waals surface area contributed by atoms with Gasteiger partial charge in [-0.3, -0.25) is 19.6 Å². The van der Waals surface area contributed by atoms with E-state index in [9.17, 15) is 9.59 Å². The number of carbonyl (C=O) groups is 2. The van der Waals surface area contributed by atoms with Crippen LogP contribution in [-0.2, 0) is 11.3 Å². The fourth-order valence-electron chi connectivity index (χ4n) is 4.03. The summed E-state index contributed by atoms with van der Waals surface area (Å²) >= 11 is 0. The highest BCUT2D eigenvalue weighted by molar-refractivity contribution is 6.14. The third-order valence-electron chi connectivity index (χ3n) is 6.16. The van der Waals surface area contributed by atoms with E-state index in [4.69, 9.17) is 9.97 Å². The second-order valence-corrected chi connectivity index (χ2v) is 8.92. The minimum absolute atomic E-state index is 0.147. The molecule has 13 heteroatoms. The van der Waals surface area contributed by atoms with E-state index >= 15 is 0 Å². The zero-order valence-corrected chi connectivity index (χ0v) is 18.7. The standard InChI is InChI=1S/C21H25N11O2/c1-29-4-6-30(7-5-29)10-15-11-31(12-22-15)19-26-17-13(8-16-18(33)27-21(34)25-16)9-23-32(17)20(28-19)24-14-2-3-14/h8-9,11-12,14H,2-7,10H2,1H3,(H,24,26,28)(H2,25,27,33,34)/b16-8-. The molecule has 13 nitrogen and oxygen atoms in total. The van der Waals surface area contributed by atoms with Crippen molar-refractivity contribution < 1.29 is 9.59 Å². The largest absolute Gasteiger partial charge is 0.351 e. The number of piperazine rings is 1. The van der Waals surface area contributed by atoms with Crippen LogP contribution in [0.15, 0.2) is 24.4 Å². The molecule has 1 aliphatic carbocycles. The Balaban J connectivity index is 1.33. The van der Waals surface area contributed by atoms with Crippen LogP contribution in [0.25, 0.3) is 17.7 Å². The number of hydrogen-bond donors (Lipinski definition) is 3. The van der Waals surface area contributed by atoms with Gasteiger partial charge in [-0.05, 0) is 26.0 Å². The van der Waals surface area contributed by atoms with Gasteiger partial charge in [-0.1, -0.05) is 0 Å². The summed E-state index contributed by atoms with van der Waals surface area (Å²) in [6.45, 7) is 4.90. The Morgan fingerprint density at radius 1 is 1.15 bits per heavy atom. The third-order valence-corrected chi connectivity index (χ3v) is 6.16. The average molecular weight is 464 g/mol. The number of likely N-dealkylation sites (N-methyl/N-ethyl adjacent to an activating group) is 1. The molecule has 176 valence electrons. The lowest BCUT2D eigenvalue weighted by Gasteiger charge is -2.31. The predicted molar refractivity (Wildman–Crippen MR) is 122 cm³/mol. The molecule has 0 spiro atoms. The van der Waals surface area contributed by atoms with E-state index in [1.54, 1.807) is 27.7 Å². The highest BCUT2D eigenvalue weighted by atomic mass is 16.2. The first-order valence-electron chi connectivity index (χ1n) is 11.3. The van der Waals surface area contributed by atoms with Gasteiger partial charge in [0.2, 0.25) is 11.9 Å². The maximum absolute atomic E-state index is 12.0. The minimum Gasteiger partial charge on any atom is -0.351 e. The fourth-order valence-corrected chi connectivity index (χ4v) is 4.03. The molecule has 0 bridgehead atoms. The van der Waals surface area contributed by atoms with Crippen LogP contribution in [-0.4, -0.2) is 90.1 Å².